The highest BCUT2D eigenvalue weighted by Crippen LogP contribution is 2.22. The largest absolute Gasteiger partial charge is 0.353 e. The maximum atomic E-state index is 12.2. The summed E-state index contributed by atoms with van der Waals surface area (Å²) in [5, 5.41) is 7.92. The first-order valence-electron chi connectivity index (χ1n) is 8.21. The maximum absolute atomic E-state index is 12.2. The van der Waals surface area contributed by atoms with Crippen molar-refractivity contribution in [3.05, 3.63) is 42.5 Å². The van der Waals surface area contributed by atoms with Crippen molar-refractivity contribution in [3.8, 4) is 0 Å². The third-order valence-corrected chi connectivity index (χ3v) is 3.65. The monoisotopic (exact) mass is 327 g/mol. The van der Waals surface area contributed by atoms with Crippen LogP contribution in [-0.4, -0.2) is 42.9 Å². The van der Waals surface area contributed by atoms with Crippen LogP contribution in [0.5, 0.6) is 0 Å². The van der Waals surface area contributed by atoms with Gasteiger partial charge in [0.1, 0.15) is 0 Å². The average Bonchev–Trinajstić information content (AvgIpc) is 2.52. The van der Waals surface area contributed by atoms with Crippen LogP contribution in [0.3, 0.4) is 0 Å². The second kappa shape index (κ2) is 8.45. The van der Waals surface area contributed by atoms with Crippen molar-refractivity contribution in [1.82, 2.24) is 10.2 Å². The lowest BCUT2D eigenvalue weighted by molar-refractivity contribution is -0.123. The van der Waals surface area contributed by atoms with Crippen LogP contribution in [0.4, 0.5) is 5.69 Å². The van der Waals surface area contributed by atoms with Gasteiger partial charge in [0.05, 0.1) is 6.54 Å². The van der Waals surface area contributed by atoms with Crippen molar-refractivity contribution in [1.29, 1.82) is 0 Å². The Hall–Kier alpha value is -2.40. The van der Waals surface area contributed by atoms with Gasteiger partial charge in [0.15, 0.2) is 0 Å². The van der Waals surface area contributed by atoms with Crippen molar-refractivity contribution >= 4 is 28.3 Å². The minimum absolute atomic E-state index is 0.0260. The van der Waals surface area contributed by atoms with Crippen LogP contribution in [0.2, 0.25) is 0 Å². The summed E-state index contributed by atoms with van der Waals surface area (Å²) in [6.07, 6.45) is 0.342. The molecular formula is C19H25N3O2. The van der Waals surface area contributed by atoms with Crippen LogP contribution in [0.25, 0.3) is 10.8 Å². The lowest BCUT2D eigenvalue weighted by Gasteiger charge is -2.17. The zero-order chi connectivity index (χ0) is 17.5. The molecule has 2 N–H and O–H groups in total. The maximum Gasteiger partial charge on any atom is 0.234 e. The second-order valence-corrected chi connectivity index (χ2v) is 6.28. The molecule has 0 aliphatic rings. The van der Waals surface area contributed by atoms with Gasteiger partial charge in [-0.25, -0.2) is 0 Å². The molecule has 0 saturated heterocycles. The lowest BCUT2D eigenvalue weighted by Crippen LogP contribution is -2.39. The molecule has 2 amide bonds. The van der Waals surface area contributed by atoms with E-state index in [2.05, 4.69) is 10.6 Å². The van der Waals surface area contributed by atoms with Gasteiger partial charge in [-0.3, -0.25) is 14.5 Å². The molecule has 0 unspecified atom stereocenters. The van der Waals surface area contributed by atoms with E-state index in [0.717, 1.165) is 16.5 Å². The predicted molar refractivity (Wildman–Crippen MR) is 98.0 cm³/mol. The summed E-state index contributed by atoms with van der Waals surface area (Å²) in [5.41, 5.74) is 0.818. The summed E-state index contributed by atoms with van der Waals surface area (Å²) in [7, 11) is 1.84. The molecule has 2 aromatic rings. The molecule has 0 aliphatic heterocycles. The van der Waals surface area contributed by atoms with E-state index in [0.29, 0.717) is 19.5 Å². The standard InChI is InChI=1S/C19H25N3O2/c1-14(2)20-19(24)13-22(3)12-11-18(23)21-17-10-6-8-15-7-4-5-9-16(15)17/h4-10,14H,11-13H2,1-3H3,(H,20,24)(H,21,23). The molecule has 0 atom stereocenters. The highest BCUT2D eigenvalue weighted by atomic mass is 16.2. The van der Waals surface area contributed by atoms with Crippen molar-refractivity contribution in [2.45, 2.75) is 26.3 Å². The fourth-order valence-corrected chi connectivity index (χ4v) is 2.53. The van der Waals surface area contributed by atoms with E-state index in [1.165, 1.54) is 0 Å². The average molecular weight is 327 g/mol. The third-order valence-electron chi connectivity index (χ3n) is 3.65. The predicted octanol–water partition coefficient (Wildman–Crippen LogP) is 2.62. The van der Waals surface area contributed by atoms with Gasteiger partial charge in [-0.2, -0.15) is 0 Å². The number of hydrogen-bond acceptors (Lipinski definition) is 3. The molecule has 0 heterocycles. The minimum atomic E-state index is -0.0533. The third kappa shape index (κ3) is 5.35. The summed E-state index contributed by atoms with van der Waals surface area (Å²) in [6, 6.07) is 13.9. The van der Waals surface area contributed by atoms with Gasteiger partial charge in [0.2, 0.25) is 11.8 Å². The molecule has 0 spiro atoms. The number of hydrogen-bond donors (Lipinski definition) is 2. The van der Waals surface area contributed by atoms with Crippen LogP contribution in [-0.2, 0) is 9.59 Å². The lowest BCUT2D eigenvalue weighted by atomic mass is 10.1. The van der Waals surface area contributed by atoms with Crippen LogP contribution >= 0.6 is 0 Å². The molecule has 0 radical (unpaired) electrons. The Morgan fingerprint density at radius 3 is 2.50 bits per heavy atom. The number of fused-ring (bicyclic) bond motifs is 1. The van der Waals surface area contributed by atoms with Crippen molar-refractivity contribution in [3.63, 3.8) is 0 Å². The zero-order valence-electron chi connectivity index (χ0n) is 14.5. The SMILES string of the molecule is CC(C)NC(=O)CN(C)CCC(=O)Nc1cccc2ccccc12. The number of amides is 2. The Kier molecular flexibility index (Phi) is 6.32. The molecule has 0 saturated carbocycles. The number of carbonyl (C=O) groups is 2. The summed E-state index contributed by atoms with van der Waals surface area (Å²) in [5.74, 6) is -0.0792. The van der Waals surface area contributed by atoms with Gasteiger partial charge in [0.25, 0.3) is 0 Å². The Balaban J connectivity index is 1.86. The van der Waals surface area contributed by atoms with Crippen LogP contribution in [0.1, 0.15) is 20.3 Å². The van der Waals surface area contributed by atoms with Crippen molar-refractivity contribution in [2.75, 3.05) is 25.5 Å². The highest BCUT2D eigenvalue weighted by molar-refractivity contribution is 6.02. The van der Waals surface area contributed by atoms with Gasteiger partial charge >= 0.3 is 0 Å². The molecule has 5 heteroatoms. The molecule has 0 aliphatic carbocycles. The Morgan fingerprint density at radius 1 is 1.04 bits per heavy atom. The van der Waals surface area contributed by atoms with Gasteiger partial charge in [0, 0.05) is 30.1 Å². The first-order valence-corrected chi connectivity index (χ1v) is 8.21. The number of likely N-dealkylation sites (N-methyl/N-ethyl adjacent to an activating group) is 1. The fourth-order valence-electron chi connectivity index (χ4n) is 2.53. The van der Waals surface area contributed by atoms with Crippen molar-refractivity contribution in [2.24, 2.45) is 0 Å². The normalized spacial score (nSPS) is 11.0. The summed E-state index contributed by atoms with van der Waals surface area (Å²) in [4.78, 5) is 25.7. The van der Waals surface area contributed by atoms with E-state index < -0.39 is 0 Å². The number of nitrogens with one attached hydrogen (secondary N) is 2. The van der Waals surface area contributed by atoms with Crippen molar-refractivity contribution < 1.29 is 9.59 Å². The molecule has 128 valence electrons. The quantitative estimate of drug-likeness (QED) is 0.822. The highest BCUT2D eigenvalue weighted by Gasteiger charge is 2.10. The molecule has 24 heavy (non-hydrogen) atoms. The molecule has 5 nitrogen and oxygen atoms in total. The van der Waals surface area contributed by atoms with Crippen LogP contribution in [0.15, 0.2) is 42.5 Å². The number of anilines is 1. The number of benzene rings is 2. The van der Waals surface area contributed by atoms with Gasteiger partial charge in [-0.15, -0.1) is 0 Å². The number of rotatable bonds is 7. The first kappa shape index (κ1) is 17.9. The van der Waals surface area contributed by atoms with E-state index in [-0.39, 0.29) is 17.9 Å². The van der Waals surface area contributed by atoms with E-state index in [1.54, 1.807) is 0 Å². The van der Waals surface area contributed by atoms with Crippen LogP contribution < -0.4 is 10.6 Å². The number of nitrogens with zero attached hydrogens (tertiary/aromatic N) is 1. The van der Waals surface area contributed by atoms with Crippen LogP contribution in [0, 0.1) is 0 Å². The second-order valence-electron chi connectivity index (χ2n) is 6.28. The molecule has 2 rings (SSSR count). The molecule has 2 aromatic carbocycles. The molecule has 0 aromatic heterocycles. The smallest absolute Gasteiger partial charge is 0.234 e. The van der Waals surface area contributed by atoms with E-state index in [4.69, 9.17) is 0 Å². The topological polar surface area (TPSA) is 61.4 Å². The van der Waals surface area contributed by atoms with E-state index >= 15 is 0 Å². The fraction of sp³-hybridized carbons (Fsp3) is 0.368. The van der Waals surface area contributed by atoms with Gasteiger partial charge in [-0.1, -0.05) is 36.4 Å². The molecule has 0 bridgehead atoms. The zero-order valence-corrected chi connectivity index (χ0v) is 14.5. The summed E-state index contributed by atoms with van der Waals surface area (Å²) >= 11 is 0. The Labute approximate surface area is 143 Å². The van der Waals surface area contributed by atoms with E-state index in [1.807, 2.05) is 68.3 Å². The number of carbonyl (C=O) groups excluding carboxylic acids is 2. The van der Waals surface area contributed by atoms with Gasteiger partial charge < -0.3 is 10.6 Å². The molecule has 0 fully saturated rings. The molecular weight excluding hydrogens is 302 g/mol. The Morgan fingerprint density at radius 2 is 1.75 bits per heavy atom. The van der Waals surface area contributed by atoms with E-state index in [9.17, 15) is 9.59 Å². The Bertz CT molecular complexity index is 707. The van der Waals surface area contributed by atoms with Gasteiger partial charge in [-0.05, 0) is 32.3 Å². The first-order chi connectivity index (χ1) is 11.5. The minimum Gasteiger partial charge on any atom is -0.353 e. The summed E-state index contributed by atoms with van der Waals surface area (Å²) in [6.45, 7) is 4.67. The summed E-state index contributed by atoms with van der Waals surface area (Å²) < 4.78 is 0.